The van der Waals surface area contributed by atoms with Crippen molar-refractivity contribution in [1.82, 2.24) is 19.7 Å². The van der Waals surface area contributed by atoms with Gasteiger partial charge in [-0.05, 0) is 22.6 Å². The Hall–Kier alpha value is -1.04. The van der Waals surface area contributed by atoms with Crippen LogP contribution in [-0.2, 0) is 4.74 Å². The van der Waals surface area contributed by atoms with Crippen LogP contribution in [0.25, 0.3) is 11.0 Å². The number of nitrogen functional groups attached to an aromatic ring is 1. The second kappa shape index (κ2) is 4.81. The number of ether oxygens (including phenoxy) is 1. The highest BCUT2D eigenvalue weighted by atomic mass is 127. The summed E-state index contributed by atoms with van der Waals surface area (Å²) in [4.78, 5) is 8.10. The van der Waals surface area contributed by atoms with Crippen molar-refractivity contribution >= 4 is 39.4 Å². The van der Waals surface area contributed by atoms with Crippen LogP contribution in [-0.4, -0.2) is 48.8 Å². The maximum Gasteiger partial charge on any atom is 0.167 e. The van der Waals surface area contributed by atoms with E-state index in [1.807, 2.05) is 0 Å². The highest BCUT2D eigenvalue weighted by Gasteiger charge is 2.36. The summed E-state index contributed by atoms with van der Waals surface area (Å²) in [6.45, 7) is -0.231. The Morgan fingerprint density at radius 2 is 2.32 bits per heavy atom. The fraction of sp³-hybridized carbons (Fsp3) is 0.500. The number of aliphatic hydroxyl groups is 2. The van der Waals surface area contributed by atoms with E-state index in [-0.39, 0.29) is 6.61 Å². The number of fused-ring (bicyclic) bond motifs is 1. The van der Waals surface area contributed by atoms with Gasteiger partial charge in [0.1, 0.15) is 21.9 Å². The molecule has 3 atom stereocenters. The zero-order chi connectivity index (χ0) is 13.6. The molecule has 0 radical (unpaired) electrons. The molecule has 0 spiro atoms. The van der Waals surface area contributed by atoms with Gasteiger partial charge < -0.3 is 20.7 Å². The van der Waals surface area contributed by atoms with Gasteiger partial charge in [0.15, 0.2) is 11.9 Å². The zero-order valence-electron chi connectivity index (χ0n) is 9.77. The Balaban J connectivity index is 2.05. The summed E-state index contributed by atoms with van der Waals surface area (Å²) in [5.41, 5.74) is 6.37. The molecule has 0 amide bonds. The molecule has 1 fully saturated rings. The van der Waals surface area contributed by atoms with Crippen molar-refractivity contribution in [2.24, 2.45) is 0 Å². The fourth-order valence-corrected chi connectivity index (χ4v) is 2.93. The predicted octanol–water partition coefficient (Wildman–Crippen LogP) is -0.346. The molecule has 0 saturated carbocycles. The van der Waals surface area contributed by atoms with Gasteiger partial charge in [0.25, 0.3) is 0 Å². The van der Waals surface area contributed by atoms with Crippen LogP contribution in [0.15, 0.2) is 6.33 Å². The number of anilines is 1. The van der Waals surface area contributed by atoms with Gasteiger partial charge in [0.05, 0.1) is 18.1 Å². The predicted molar refractivity (Wildman–Crippen MR) is 74.1 cm³/mol. The molecule has 1 aliphatic rings. The van der Waals surface area contributed by atoms with Gasteiger partial charge in [0.2, 0.25) is 0 Å². The van der Waals surface area contributed by atoms with Crippen LogP contribution < -0.4 is 5.73 Å². The van der Waals surface area contributed by atoms with Crippen molar-refractivity contribution in [2.45, 2.75) is 24.9 Å². The van der Waals surface area contributed by atoms with Crippen molar-refractivity contribution in [1.29, 1.82) is 0 Å². The molecule has 2 aromatic rings. The van der Waals surface area contributed by atoms with Crippen LogP contribution >= 0.6 is 22.6 Å². The standard InChI is InChI=1S/C10H12IN5O3/c11-8-7-9(12)13-3-14-10(7)16(15-8)6-1-4(18)5(2-17)19-6/h3-6,17-18H,1-2H2,(H2,12,13,14)/t4-,5-,6-/m1/s1. The molecular weight excluding hydrogens is 365 g/mol. The summed E-state index contributed by atoms with van der Waals surface area (Å²) in [7, 11) is 0. The molecule has 0 aliphatic carbocycles. The lowest BCUT2D eigenvalue weighted by Gasteiger charge is -2.12. The number of halogens is 1. The van der Waals surface area contributed by atoms with E-state index in [1.165, 1.54) is 6.33 Å². The SMILES string of the molecule is Nc1ncnc2c1c(I)nn2[C@H]1C[C@@H](O)[C@@H](CO)O1. The smallest absolute Gasteiger partial charge is 0.167 e. The van der Waals surface area contributed by atoms with E-state index in [4.69, 9.17) is 15.6 Å². The molecule has 0 unspecified atom stereocenters. The van der Waals surface area contributed by atoms with Crippen LogP contribution in [0, 0.1) is 3.70 Å². The van der Waals surface area contributed by atoms with Gasteiger partial charge in [-0.25, -0.2) is 14.6 Å². The molecule has 4 N–H and O–H groups in total. The third kappa shape index (κ3) is 2.06. The van der Waals surface area contributed by atoms with E-state index in [2.05, 4.69) is 37.7 Å². The normalized spacial score (nSPS) is 27.2. The first-order valence-electron chi connectivity index (χ1n) is 5.70. The Morgan fingerprint density at radius 3 is 3.00 bits per heavy atom. The molecule has 0 bridgehead atoms. The average molecular weight is 377 g/mol. The first kappa shape index (κ1) is 13.0. The molecular formula is C10H12IN5O3. The Bertz CT molecular complexity index is 618. The van der Waals surface area contributed by atoms with E-state index in [0.717, 1.165) is 0 Å². The number of aromatic nitrogens is 4. The molecule has 2 aromatic heterocycles. The molecule has 1 saturated heterocycles. The third-order valence-electron chi connectivity index (χ3n) is 3.13. The number of nitrogens with two attached hydrogens (primary N) is 1. The Labute approximate surface area is 121 Å². The minimum Gasteiger partial charge on any atom is -0.394 e. The van der Waals surface area contributed by atoms with E-state index < -0.39 is 18.4 Å². The molecule has 0 aromatic carbocycles. The maximum absolute atomic E-state index is 9.77. The molecule has 8 nitrogen and oxygen atoms in total. The third-order valence-corrected chi connectivity index (χ3v) is 3.89. The summed E-state index contributed by atoms with van der Waals surface area (Å²) in [6.07, 6.45) is -0.0670. The molecule has 1 aliphatic heterocycles. The van der Waals surface area contributed by atoms with Gasteiger partial charge in [-0.1, -0.05) is 0 Å². The molecule has 3 heterocycles. The highest BCUT2D eigenvalue weighted by molar-refractivity contribution is 14.1. The monoisotopic (exact) mass is 377 g/mol. The van der Waals surface area contributed by atoms with Crippen molar-refractivity contribution < 1.29 is 14.9 Å². The Morgan fingerprint density at radius 1 is 1.53 bits per heavy atom. The maximum atomic E-state index is 9.77. The fourth-order valence-electron chi connectivity index (χ4n) is 2.18. The molecule has 19 heavy (non-hydrogen) atoms. The zero-order valence-corrected chi connectivity index (χ0v) is 11.9. The van der Waals surface area contributed by atoms with E-state index >= 15 is 0 Å². The minimum atomic E-state index is -0.717. The van der Waals surface area contributed by atoms with Gasteiger partial charge >= 0.3 is 0 Å². The topological polar surface area (TPSA) is 119 Å². The van der Waals surface area contributed by atoms with Crippen molar-refractivity contribution in [3.63, 3.8) is 0 Å². The van der Waals surface area contributed by atoms with Crippen LogP contribution in [0.3, 0.4) is 0 Å². The van der Waals surface area contributed by atoms with Crippen molar-refractivity contribution in [2.75, 3.05) is 12.3 Å². The summed E-state index contributed by atoms with van der Waals surface area (Å²) >= 11 is 2.05. The largest absolute Gasteiger partial charge is 0.394 e. The molecule has 102 valence electrons. The Kier molecular flexibility index (Phi) is 3.28. The van der Waals surface area contributed by atoms with Crippen LogP contribution in [0.2, 0.25) is 0 Å². The van der Waals surface area contributed by atoms with E-state index in [0.29, 0.717) is 27.0 Å². The minimum absolute atomic E-state index is 0.231. The number of hydrogen-bond donors (Lipinski definition) is 3. The van der Waals surface area contributed by atoms with Crippen LogP contribution in [0.1, 0.15) is 12.6 Å². The van der Waals surface area contributed by atoms with Crippen LogP contribution in [0.5, 0.6) is 0 Å². The first-order valence-corrected chi connectivity index (χ1v) is 6.78. The molecule has 9 heteroatoms. The second-order valence-corrected chi connectivity index (χ2v) is 5.33. The lowest BCUT2D eigenvalue weighted by atomic mass is 10.2. The van der Waals surface area contributed by atoms with E-state index in [1.54, 1.807) is 4.68 Å². The van der Waals surface area contributed by atoms with Gasteiger partial charge in [0, 0.05) is 6.42 Å². The number of rotatable bonds is 2. The highest BCUT2D eigenvalue weighted by Crippen LogP contribution is 2.32. The lowest BCUT2D eigenvalue weighted by Crippen LogP contribution is -2.24. The number of nitrogens with zero attached hydrogens (tertiary/aromatic N) is 4. The van der Waals surface area contributed by atoms with Crippen LogP contribution in [0.4, 0.5) is 5.82 Å². The molecule has 3 rings (SSSR count). The van der Waals surface area contributed by atoms with Gasteiger partial charge in [-0.15, -0.1) is 0 Å². The average Bonchev–Trinajstić information content (AvgIpc) is 2.91. The second-order valence-electron chi connectivity index (χ2n) is 4.31. The van der Waals surface area contributed by atoms with Crippen molar-refractivity contribution in [3.8, 4) is 0 Å². The van der Waals surface area contributed by atoms with Crippen molar-refractivity contribution in [3.05, 3.63) is 10.0 Å². The van der Waals surface area contributed by atoms with Gasteiger partial charge in [-0.2, -0.15) is 5.10 Å². The summed E-state index contributed by atoms with van der Waals surface area (Å²) < 4.78 is 7.82. The summed E-state index contributed by atoms with van der Waals surface area (Å²) in [5.74, 6) is 0.359. The van der Waals surface area contributed by atoms with E-state index in [9.17, 15) is 5.11 Å². The quantitative estimate of drug-likeness (QED) is 0.613. The summed E-state index contributed by atoms with van der Waals surface area (Å²) in [6, 6.07) is 0. The number of hydrogen-bond acceptors (Lipinski definition) is 7. The first-order chi connectivity index (χ1) is 9.11. The lowest BCUT2D eigenvalue weighted by molar-refractivity contribution is -0.0471. The number of aliphatic hydroxyl groups excluding tert-OH is 2. The summed E-state index contributed by atoms with van der Waals surface area (Å²) in [5, 5.41) is 23.9. The van der Waals surface area contributed by atoms with Gasteiger partial charge in [-0.3, -0.25) is 0 Å².